The molecule has 0 radical (unpaired) electrons. The van der Waals surface area contributed by atoms with Gasteiger partial charge in [-0.2, -0.15) is 0 Å². The van der Waals surface area contributed by atoms with E-state index in [0.29, 0.717) is 32.7 Å². The van der Waals surface area contributed by atoms with Gasteiger partial charge in [-0.25, -0.2) is 0 Å². The maximum Gasteiger partial charge on any atom is 0.305 e. The smallest absolute Gasteiger partial charge is 0.305 e. The maximum absolute atomic E-state index is 12.1. The predicted octanol–water partition coefficient (Wildman–Crippen LogP) is 8.22. The van der Waals surface area contributed by atoms with Crippen molar-refractivity contribution >= 4 is 5.97 Å². The molecular formula is C27H54O4. The largest absolute Gasteiger partial charge is 0.466 e. The third-order valence-corrected chi connectivity index (χ3v) is 5.52. The van der Waals surface area contributed by atoms with E-state index in [1.807, 2.05) is 0 Å². The quantitative estimate of drug-likeness (QED) is 0.0962. The Morgan fingerprint density at radius 2 is 1.16 bits per heavy atom. The monoisotopic (exact) mass is 442 g/mol. The van der Waals surface area contributed by atoms with Crippen molar-refractivity contribution in [1.82, 2.24) is 0 Å². The fourth-order valence-corrected chi connectivity index (χ4v) is 3.51. The van der Waals surface area contributed by atoms with Gasteiger partial charge in [0.05, 0.1) is 13.0 Å². The Morgan fingerprint density at radius 1 is 0.677 bits per heavy atom. The number of unbranched alkanes of at least 4 members (excludes halogenated alkanes) is 10. The minimum absolute atomic E-state index is 0.134. The summed E-state index contributed by atoms with van der Waals surface area (Å²) in [6.07, 6.45) is 17.6. The summed E-state index contributed by atoms with van der Waals surface area (Å²) in [5.41, 5.74) is 0.284. The van der Waals surface area contributed by atoms with E-state index in [1.54, 1.807) is 0 Å². The molecule has 0 N–H and O–H groups in total. The van der Waals surface area contributed by atoms with E-state index < -0.39 is 0 Å². The molecule has 0 aliphatic rings. The summed E-state index contributed by atoms with van der Waals surface area (Å²) in [6.45, 7) is 13.1. The number of rotatable bonds is 22. The van der Waals surface area contributed by atoms with Gasteiger partial charge in [0, 0.05) is 19.6 Å². The molecule has 0 fully saturated rings. The SMILES string of the molecule is CCCCCCCCOC(CCC(=O)OCCCC(C)(C)C)OCCCCCCCC. The summed E-state index contributed by atoms with van der Waals surface area (Å²) in [4.78, 5) is 12.1. The highest BCUT2D eigenvalue weighted by atomic mass is 16.7. The summed E-state index contributed by atoms with van der Waals surface area (Å²) in [7, 11) is 0. The lowest BCUT2D eigenvalue weighted by molar-refractivity contribution is -0.159. The molecule has 0 rings (SSSR count). The van der Waals surface area contributed by atoms with Crippen molar-refractivity contribution in [2.45, 2.75) is 144 Å². The lowest BCUT2D eigenvalue weighted by Gasteiger charge is -2.19. The van der Waals surface area contributed by atoms with Gasteiger partial charge in [-0.1, -0.05) is 98.8 Å². The summed E-state index contributed by atoms with van der Waals surface area (Å²) in [5.74, 6) is -0.134. The lowest BCUT2D eigenvalue weighted by Crippen LogP contribution is -2.21. The molecule has 0 amide bonds. The molecule has 0 aromatic rings. The number of ether oxygens (including phenoxy) is 3. The Morgan fingerprint density at radius 3 is 1.65 bits per heavy atom. The van der Waals surface area contributed by atoms with E-state index in [2.05, 4.69) is 34.6 Å². The Balaban J connectivity index is 4.07. The minimum atomic E-state index is -0.284. The van der Waals surface area contributed by atoms with Crippen LogP contribution in [-0.2, 0) is 19.0 Å². The van der Waals surface area contributed by atoms with Crippen molar-refractivity contribution in [3.05, 3.63) is 0 Å². The van der Waals surface area contributed by atoms with Crippen LogP contribution in [0.4, 0.5) is 0 Å². The summed E-state index contributed by atoms with van der Waals surface area (Å²) >= 11 is 0. The van der Waals surface area contributed by atoms with Crippen LogP contribution >= 0.6 is 0 Å². The van der Waals surface area contributed by atoms with Crippen LogP contribution in [0.2, 0.25) is 0 Å². The highest BCUT2D eigenvalue weighted by Gasteiger charge is 2.14. The number of carbonyl (C=O) groups excluding carboxylic acids is 1. The Hall–Kier alpha value is -0.610. The second-order valence-corrected chi connectivity index (χ2v) is 10.1. The first-order valence-electron chi connectivity index (χ1n) is 13.3. The molecule has 0 saturated heterocycles. The van der Waals surface area contributed by atoms with Gasteiger partial charge >= 0.3 is 5.97 Å². The van der Waals surface area contributed by atoms with Gasteiger partial charge < -0.3 is 14.2 Å². The van der Waals surface area contributed by atoms with Gasteiger partial charge in [-0.15, -0.1) is 0 Å². The van der Waals surface area contributed by atoms with Crippen LogP contribution in [0, 0.1) is 5.41 Å². The molecule has 0 aromatic heterocycles. The van der Waals surface area contributed by atoms with Crippen LogP contribution < -0.4 is 0 Å². The molecule has 0 spiro atoms. The molecule has 4 nitrogen and oxygen atoms in total. The molecule has 4 heteroatoms. The Kier molecular flexibility index (Phi) is 20.8. The third-order valence-electron chi connectivity index (χ3n) is 5.52. The second kappa shape index (κ2) is 21.2. The maximum atomic E-state index is 12.1. The third kappa shape index (κ3) is 23.9. The normalized spacial score (nSPS) is 11.9. The van der Waals surface area contributed by atoms with Crippen LogP contribution in [0.15, 0.2) is 0 Å². The minimum Gasteiger partial charge on any atom is -0.466 e. The molecule has 0 aromatic carbocycles. The van der Waals surface area contributed by atoms with E-state index >= 15 is 0 Å². The van der Waals surface area contributed by atoms with Crippen LogP contribution in [0.5, 0.6) is 0 Å². The highest BCUT2D eigenvalue weighted by Crippen LogP contribution is 2.20. The van der Waals surface area contributed by atoms with Crippen molar-refractivity contribution in [3.8, 4) is 0 Å². The molecule has 0 saturated carbocycles. The highest BCUT2D eigenvalue weighted by molar-refractivity contribution is 5.69. The topological polar surface area (TPSA) is 44.8 Å². The average Bonchev–Trinajstić information content (AvgIpc) is 2.72. The number of hydrogen-bond acceptors (Lipinski definition) is 4. The summed E-state index contributed by atoms with van der Waals surface area (Å²) in [5, 5.41) is 0. The van der Waals surface area contributed by atoms with E-state index in [9.17, 15) is 4.79 Å². The number of carbonyl (C=O) groups is 1. The van der Waals surface area contributed by atoms with Crippen molar-refractivity contribution in [1.29, 1.82) is 0 Å². The molecular weight excluding hydrogens is 388 g/mol. The zero-order valence-corrected chi connectivity index (χ0v) is 21.6. The first-order chi connectivity index (χ1) is 14.9. The zero-order chi connectivity index (χ0) is 23.2. The molecule has 0 aliphatic heterocycles. The fourth-order valence-electron chi connectivity index (χ4n) is 3.51. The number of esters is 1. The van der Waals surface area contributed by atoms with Crippen molar-refractivity contribution in [2.75, 3.05) is 19.8 Å². The van der Waals surface area contributed by atoms with Gasteiger partial charge in [-0.3, -0.25) is 4.79 Å². The van der Waals surface area contributed by atoms with Crippen LogP contribution in [0.3, 0.4) is 0 Å². The van der Waals surface area contributed by atoms with Crippen LogP contribution in [0.25, 0.3) is 0 Å². The molecule has 0 heterocycles. The van der Waals surface area contributed by atoms with E-state index in [-0.39, 0.29) is 17.7 Å². The zero-order valence-electron chi connectivity index (χ0n) is 21.6. The fraction of sp³-hybridized carbons (Fsp3) is 0.963. The first-order valence-corrected chi connectivity index (χ1v) is 13.3. The molecule has 0 bridgehead atoms. The van der Waals surface area contributed by atoms with Gasteiger partial charge in [0.15, 0.2) is 6.29 Å². The van der Waals surface area contributed by atoms with E-state index in [0.717, 1.165) is 25.7 Å². The Bertz CT molecular complexity index is 371. The molecule has 0 unspecified atom stereocenters. The van der Waals surface area contributed by atoms with Crippen LogP contribution in [-0.4, -0.2) is 32.1 Å². The van der Waals surface area contributed by atoms with E-state index in [4.69, 9.17) is 14.2 Å². The second-order valence-electron chi connectivity index (χ2n) is 10.1. The van der Waals surface area contributed by atoms with Crippen molar-refractivity contribution in [2.24, 2.45) is 5.41 Å². The van der Waals surface area contributed by atoms with Gasteiger partial charge in [0.1, 0.15) is 0 Å². The number of hydrogen-bond donors (Lipinski definition) is 0. The molecule has 0 aliphatic carbocycles. The first kappa shape index (κ1) is 30.4. The van der Waals surface area contributed by atoms with Gasteiger partial charge in [0.25, 0.3) is 0 Å². The lowest BCUT2D eigenvalue weighted by atomic mass is 9.91. The average molecular weight is 443 g/mol. The Labute approximate surface area is 194 Å². The summed E-state index contributed by atoms with van der Waals surface area (Å²) in [6, 6.07) is 0. The van der Waals surface area contributed by atoms with Crippen molar-refractivity contribution in [3.63, 3.8) is 0 Å². The van der Waals surface area contributed by atoms with E-state index in [1.165, 1.54) is 64.2 Å². The van der Waals surface area contributed by atoms with Gasteiger partial charge in [0.2, 0.25) is 0 Å². The standard InChI is InChI=1S/C27H54O4/c1-6-8-10-12-14-16-22-30-26(31-23-17-15-13-11-9-7-2)20-19-25(28)29-24-18-21-27(3,4)5/h26H,6-24H2,1-5H3. The van der Waals surface area contributed by atoms with Crippen LogP contribution in [0.1, 0.15) is 137 Å². The van der Waals surface area contributed by atoms with Crippen molar-refractivity contribution < 1.29 is 19.0 Å². The molecule has 186 valence electrons. The van der Waals surface area contributed by atoms with Gasteiger partial charge in [-0.05, 0) is 31.1 Å². The summed E-state index contributed by atoms with van der Waals surface area (Å²) < 4.78 is 17.4. The molecule has 31 heavy (non-hydrogen) atoms. The predicted molar refractivity (Wildman–Crippen MR) is 131 cm³/mol. The molecule has 0 atom stereocenters.